The van der Waals surface area contributed by atoms with E-state index in [0.29, 0.717) is 4.90 Å². The molecule has 6 rings (SSSR count). The van der Waals surface area contributed by atoms with Gasteiger partial charge in [0.25, 0.3) is 0 Å². The third-order valence-electron chi connectivity index (χ3n) is 6.49. The molecule has 1 saturated heterocycles. The lowest BCUT2D eigenvalue weighted by atomic mass is 10.1. The lowest BCUT2D eigenvalue weighted by molar-refractivity contribution is 0.595. The van der Waals surface area contributed by atoms with Crippen LogP contribution in [0.25, 0.3) is 21.9 Å². The average molecular weight is 485 g/mol. The van der Waals surface area contributed by atoms with Crippen molar-refractivity contribution in [2.75, 3.05) is 36.0 Å². The van der Waals surface area contributed by atoms with E-state index in [0.717, 1.165) is 65.2 Å². The van der Waals surface area contributed by atoms with E-state index in [1.165, 1.54) is 0 Å². The van der Waals surface area contributed by atoms with Crippen LogP contribution in [-0.2, 0) is 15.6 Å². The molecule has 0 atom stereocenters. The van der Waals surface area contributed by atoms with Crippen LogP contribution >= 0.6 is 0 Å². The molecule has 4 heterocycles. The molecule has 0 radical (unpaired) electrons. The molecule has 0 bridgehead atoms. The number of rotatable bonds is 5. The lowest BCUT2D eigenvalue weighted by Crippen LogP contribution is -2.46. The number of H-pyrrole nitrogens is 1. The number of nitrogens with one attached hydrogen (secondary N) is 1. The van der Waals surface area contributed by atoms with E-state index in [9.17, 15) is 8.42 Å². The fourth-order valence-corrected chi connectivity index (χ4v) is 6.12. The summed E-state index contributed by atoms with van der Waals surface area (Å²) >= 11 is 0. The minimum absolute atomic E-state index is 0.0496. The third-order valence-corrected chi connectivity index (χ3v) is 8.19. The van der Waals surface area contributed by atoms with E-state index >= 15 is 0 Å². The van der Waals surface area contributed by atoms with E-state index in [2.05, 4.69) is 29.7 Å². The molecule has 176 valence electrons. The number of hydrogen-bond donors (Lipinski definition) is 1. The Morgan fingerprint density at radius 1 is 0.857 bits per heavy atom. The van der Waals surface area contributed by atoms with E-state index in [1.807, 2.05) is 36.5 Å². The van der Waals surface area contributed by atoms with Crippen molar-refractivity contribution in [3.05, 3.63) is 84.9 Å². The maximum atomic E-state index is 13.0. The van der Waals surface area contributed by atoms with E-state index in [1.54, 1.807) is 42.9 Å². The first-order valence-corrected chi connectivity index (χ1v) is 13.2. The van der Waals surface area contributed by atoms with Gasteiger partial charge in [-0.3, -0.25) is 4.98 Å². The number of hydrogen-bond acceptors (Lipinski definition) is 7. The third kappa shape index (κ3) is 4.08. The Morgan fingerprint density at radius 2 is 1.66 bits per heavy atom. The van der Waals surface area contributed by atoms with Gasteiger partial charge < -0.3 is 14.8 Å². The van der Waals surface area contributed by atoms with Gasteiger partial charge in [-0.25, -0.2) is 18.4 Å². The van der Waals surface area contributed by atoms with Crippen LogP contribution in [0.5, 0.6) is 0 Å². The van der Waals surface area contributed by atoms with E-state index in [4.69, 9.17) is 0 Å². The number of benzene rings is 2. The normalized spacial score (nSPS) is 14.6. The number of aromatic nitrogens is 4. The second-order valence-electron chi connectivity index (χ2n) is 8.67. The maximum Gasteiger partial charge on any atom is 0.182 e. The van der Waals surface area contributed by atoms with Gasteiger partial charge in [-0.05, 0) is 35.9 Å². The fourth-order valence-electron chi connectivity index (χ4n) is 4.76. The van der Waals surface area contributed by atoms with Crippen LogP contribution in [0.4, 0.5) is 11.5 Å². The Hall–Kier alpha value is -3.98. The predicted molar refractivity (Wildman–Crippen MR) is 137 cm³/mol. The summed E-state index contributed by atoms with van der Waals surface area (Å²) in [5.41, 5.74) is 3.60. The first-order chi connectivity index (χ1) is 17.1. The Bertz CT molecular complexity index is 1600. The summed E-state index contributed by atoms with van der Waals surface area (Å²) < 4.78 is 25.9. The zero-order chi connectivity index (χ0) is 23.8. The maximum absolute atomic E-state index is 13.0. The number of pyridine rings is 1. The standard InChI is InChI=1S/C26H24N6O2S/c33-35(34,20-4-2-1-3-5-20)18-19-6-7-22-21(16-19)25-23(8-9-29-26(25)30-22)31-12-14-32(15-13-31)24-17-27-10-11-28-24/h1-11,16-17H,12-15,18H2,(H,29,30). The number of anilines is 2. The molecule has 0 unspecified atom stereocenters. The Labute approximate surface area is 203 Å². The molecule has 9 heteroatoms. The van der Waals surface area contributed by atoms with Crippen LogP contribution in [0.3, 0.4) is 0 Å². The predicted octanol–water partition coefficient (Wildman–Crippen LogP) is 3.81. The summed E-state index contributed by atoms with van der Waals surface area (Å²) in [6, 6.07) is 16.4. The van der Waals surface area contributed by atoms with E-state index in [-0.39, 0.29) is 5.75 Å². The van der Waals surface area contributed by atoms with Crippen LogP contribution in [0, 0.1) is 0 Å². The molecule has 1 aliphatic rings. The van der Waals surface area contributed by atoms with Crippen LogP contribution in [0.2, 0.25) is 0 Å². The highest BCUT2D eigenvalue weighted by atomic mass is 32.2. The van der Waals surface area contributed by atoms with Crippen molar-refractivity contribution >= 4 is 43.3 Å². The van der Waals surface area contributed by atoms with Crippen molar-refractivity contribution in [2.45, 2.75) is 10.6 Å². The van der Waals surface area contributed by atoms with Gasteiger partial charge in [0.05, 0.1) is 22.5 Å². The van der Waals surface area contributed by atoms with Gasteiger partial charge in [0.1, 0.15) is 11.5 Å². The molecule has 0 spiro atoms. The molecule has 35 heavy (non-hydrogen) atoms. The number of piperazine rings is 1. The molecule has 1 N–H and O–H groups in total. The molecule has 3 aromatic heterocycles. The average Bonchev–Trinajstić information content (AvgIpc) is 3.28. The van der Waals surface area contributed by atoms with Crippen LogP contribution < -0.4 is 9.80 Å². The molecule has 2 aromatic carbocycles. The van der Waals surface area contributed by atoms with Gasteiger partial charge in [0.15, 0.2) is 9.84 Å². The summed E-state index contributed by atoms with van der Waals surface area (Å²) in [7, 11) is -3.43. The van der Waals surface area contributed by atoms with Gasteiger partial charge in [-0.1, -0.05) is 24.3 Å². The zero-order valence-corrected chi connectivity index (χ0v) is 19.8. The number of sulfone groups is 1. The molecule has 0 aliphatic carbocycles. The molecule has 1 aliphatic heterocycles. The SMILES string of the molecule is O=S(=O)(Cc1ccc2[nH]c3nccc(N4CCN(c5cnccn5)CC4)c3c2c1)c1ccccc1. The summed E-state index contributed by atoms with van der Waals surface area (Å²) in [6.07, 6.45) is 7.02. The Morgan fingerprint density at radius 3 is 2.43 bits per heavy atom. The van der Waals surface area contributed by atoms with Crippen molar-refractivity contribution in [1.82, 2.24) is 19.9 Å². The lowest BCUT2D eigenvalue weighted by Gasteiger charge is -2.36. The number of nitrogens with zero attached hydrogens (tertiary/aromatic N) is 5. The van der Waals surface area contributed by atoms with Crippen LogP contribution in [-0.4, -0.2) is 54.5 Å². The van der Waals surface area contributed by atoms with Gasteiger partial charge in [-0.15, -0.1) is 0 Å². The van der Waals surface area contributed by atoms with Crippen LogP contribution in [0.15, 0.2) is 84.3 Å². The Balaban J connectivity index is 1.33. The summed E-state index contributed by atoms with van der Waals surface area (Å²) in [5, 5.41) is 2.01. The Kier molecular flexibility index (Phi) is 5.33. The van der Waals surface area contributed by atoms with Crippen molar-refractivity contribution in [1.29, 1.82) is 0 Å². The topological polar surface area (TPSA) is 95.1 Å². The second kappa shape index (κ2) is 8.66. The van der Waals surface area contributed by atoms with Gasteiger partial charge in [-0.2, -0.15) is 0 Å². The summed E-state index contributed by atoms with van der Waals surface area (Å²) in [5.74, 6) is 0.842. The van der Waals surface area contributed by atoms with Crippen LogP contribution in [0.1, 0.15) is 5.56 Å². The van der Waals surface area contributed by atoms with Crippen molar-refractivity contribution < 1.29 is 8.42 Å². The fraction of sp³-hybridized carbons (Fsp3) is 0.192. The first kappa shape index (κ1) is 21.5. The molecule has 0 amide bonds. The first-order valence-electron chi connectivity index (χ1n) is 11.5. The quantitative estimate of drug-likeness (QED) is 0.405. The molecular formula is C26H24N6O2S. The smallest absolute Gasteiger partial charge is 0.182 e. The minimum atomic E-state index is -3.43. The van der Waals surface area contributed by atoms with Gasteiger partial charge in [0.2, 0.25) is 0 Å². The highest BCUT2D eigenvalue weighted by Gasteiger charge is 2.22. The molecule has 5 aromatic rings. The summed E-state index contributed by atoms with van der Waals surface area (Å²) in [4.78, 5) is 21.5. The largest absolute Gasteiger partial charge is 0.367 e. The molecular weight excluding hydrogens is 460 g/mol. The van der Waals surface area contributed by atoms with Crippen molar-refractivity contribution in [3.8, 4) is 0 Å². The van der Waals surface area contributed by atoms with Gasteiger partial charge >= 0.3 is 0 Å². The highest BCUT2D eigenvalue weighted by Crippen LogP contribution is 2.34. The number of fused-ring (bicyclic) bond motifs is 3. The molecule has 8 nitrogen and oxygen atoms in total. The highest BCUT2D eigenvalue weighted by molar-refractivity contribution is 7.90. The van der Waals surface area contributed by atoms with Crippen molar-refractivity contribution in [3.63, 3.8) is 0 Å². The molecule has 0 saturated carbocycles. The van der Waals surface area contributed by atoms with Gasteiger partial charge in [0, 0.05) is 61.1 Å². The monoisotopic (exact) mass is 484 g/mol. The van der Waals surface area contributed by atoms with E-state index < -0.39 is 9.84 Å². The second-order valence-corrected chi connectivity index (χ2v) is 10.7. The van der Waals surface area contributed by atoms with Crippen molar-refractivity contribution in [2.24, 2.45) is 0 Å². The zero-order valence-electron chi connectivity index (χ0n) is 19.0. The summed E-state index contributed by atoms with van der Waals surface area (Å²) in [6.45, 7) is 3.35. The molecule has 1 fully saturated rings. The minimum Gasteiger partial charge on any atom is -0.367 e. The number of aromatic amines is 1.